The molecule has 2 unspecified atom stereocenters. The predicted molar refractivity (Wildman–Crippen MR) is 80.2 cm³/mol. The van der Waals surface area contributed by atoms with Crippen molar-refractivity contribution >= 4 is 12.0 Å². The number of nitrogens with one attached hydrogen (secondary N) is 1. The highest BCUT2D eigenvalue weighted by Gasteiger charge is 2.34. The molecule has 21 heavy (non-hydrogen) atoms. The van der Waals surface area contributed by atoms with E-state index < -0.39 is 11.4 Å². The van der Waals surface area contributed by atoms with Gasteiger partial charge in [0, 0.05) is 32.2 Å². The number of rotatable bonds is 4. The molecule has 6 nitrogen and oxygen atoms in total. The molecule has 0 aliphatic carbocycles. The highest BCUT2D eigenvalue weighted by Crippen LogP contribution is 2.22. The van der Waals surface area contributed by atoms with Crippen LogP contribution in [0.15, 0.2) is 0 Å². The Labute approximate surface area is 126 Å². The van der Waals surface area contributed by atoms with Crippen molar-refractivity contribution in [2.24, 2.45) is 5.41 Å². The topological polar surface area (TPSA) is 72.9 Å². The zero-order valence-corrected chi connectivity index (χ0v) is 13.1. The van der Waals surface area contributed by atoms with E-state index in [4.69, 9.17) is 0 Å². The van der Waals surface area contributed by atoms with E-state index in [1.165, 1.54) is 6.42 Å². The largest absolute Gasteiger partial charge is 0.481 e. The van der Waals surface area contributed by atoms with Crippen LogP contribution in [-0.2, 0) is 4.79 Å². The van der Waals surface area contributed by atoms with E-state index >= 15 is 0 Å². The van der Waals surface area contributed by atoms with Gasteiger partial charge in [0.05, 0.1) is 5.41 Å². The fourth-order valence-corrected chi connectivity index (χ4v) is 3.13. The van der Waals surface area contributed by atoms with Gasteiger partial charge in [-0.15, -0.1) is 0 Å². The average Bonchev–Trinajstić information content (AvgIpc) is 2.81. The fraction of sp³-hybridized carbons (Fsp3) is 0.867. The second-order valence-corrected chi connectivity index (χ2v) is 6.51. The van der Waals surface area contributed by atoms with Crippen molar-refractivity contribution in [3.05, 3.63) is 0 Å². The Morgan fingerprint density at radius 2 is 2.00 bits per heavy atom. The Bertz CT molecular complexity index is 402. The van der Waals surface area contributed by atoms with Crippen LogP contribution in [0.4, 0.5) is 4.79 Å². The van der Waals surface area contributed by atoms with Gasteiger partial charge < -0.3 is 15.3 Å². The average molecular weight is 297 g/mol. The maximum atomic E-state index is 12.3. The third-order valence-electron chi connectivity index (χ3n) is 5.02. The number of carbonyl (C=O) groups is 2. The molecule has 0 aromatic rings. The Morgan fingerprint density at radius 3 is 2.67 bits per heavy atom. The molecular weight excluding hydrogens is 270 g/mol. The van der Waals surface area contributed by atoms with E-state index in [-0.39, 0.29) is 12.6 Å². The predicted octanol–water partition coefficient (Wildman–Crippen LogP) is 1.37. The molecule has 2 rings (SSSR count). The van der Waals surface area contributed by atoms with Gasteiger partial charge in [0.2, 0.25) is 0 Å². The second-order valence-electron chi connectivity index (χ2n) is 6.51. The Kier molecular flexibility index (Phi) is 5.08. The van der Waals surface area contributed by atoms with Crippen molar-refractivity contribution in [3.63, 3.8) is 0 Å². The van der Waals surface area contributed by atoms with Gasteiger partial charge in [-0.2, -0.15) is 0 Å². The number of carboxylic acid groups (broad SMARTS) is 1. The molecule has 120 valence electrons. The van der Waals surface area contributed by atoms with Gasteiger partial charge in [-0.1, -0.05) is 6.92 Å². The second kappa shape index (κ2) is 6.64. The summed E-state index contributed by atoms with van der Waals surface area (Å²) in [5, 5.41) is 12.1. The van der Waals surface area contributed by atoms with Crippen LogP contribution < -0.4 is 5.32 Å². The van der Waals surface area contributed by atoms with Crippen molar-refractivity contribution in [2.75, 3.05) is 32.7 Å². The minimum Gasteiger partial charge on any atom is -0.481 e. The molecule has 0 spiro atoms. The van der Waals surface area contributed by atoms with Crippen LogP contribution in [0.5, 0.6) is 0 Å². The number of nitrogens with zero attached hydrogens (tertiary/aromatic N) is 2. The first-order valence-corrected chi connectivity index (χ1v) is 7.96. The van der Waals surface area contributed by atoms with Gasteiger partial charge in [-0.25, -0.2) is 4.79 Å². The summed E-state index contributed by atoms with van der Waals surface area (Å²) in [7, 11) is 0. The van der Waals surface area contributed by atoms with Gasteiger partial charge in [0.25, 0.3) is 0 Å². The molecule has 2 heterocycles. The molecule has 2 saturated heterocycles. The first-order valence-electron chi connectivity index (χ1n) is 7.96. The molecular formula is C15H27N3O3. The normalized spacial score (nSPS) is 25.8. The lowest BCUT2D eigenvalue weighted by Crippen LogP contribution is -2.48. The quantitative estimate of drug-likeness (QED) is 0.822. The molecule has 0 bridgehead atoms. The van der Waals surface area contributed by atoms with Crippen molar-refractivity contribution in [1.82, 2.24) is 15.1 Å². The molecule has 2 N–H and O–H groups in total. The summed E-state index contributed by atoms with van der Waals surface area (Å²) in [6, 6.07) is 0.361. The van der Waals surface area contributed by atoms with Crippen LogP contribution in [0.1, 0.15) is 39.5 Å². The summed E-state index contributed by atoms with van der Waals surface area (Å²) < 4.78 is 0. The number of amides is 2. The molecule has 2 aliphatic heterocycles. The third kappa shape index (κ3) is 3.67. The van der Waals surface area contributed by atoms with Crippen LogP contribution in [0.25, 0.3) is 0 Å². The highest BCUT2D eigenvalue weighted by molar-refractivity contribution is 5.78. The van der Waals surface area contributed by atoms with Crippen LogP contribution in [0.3, 0.4) is 0 Å². The molecule has 0 aromatic carbocycles. The number of aliphatic carboxylic acids is 1. The smallest absolute Gasteiger partial charge is 0.317 e. The van der Waals surface area contributed by atoms with Gasteiger partial charge in [0.1, 0.15) is 0 Å². The number of fused-ring (bicyclic) bond motifs is 1. The molecule has 2 amide bonds. The van der Waals surface area contributed by atoms with Crippen LogP contribution >= 0.6 is 0 Å². The SMILES string of the molecule is CCC(C)(CNC(=O)N1CCCN2CCCC2C1)C(=O)O. The Balaban J connectivity index is 1.89. The van der Waals surface area contributed by atoms with Crippen molar-refractivity contribution < 1.29 is 14.7 Å². The van der Waals surface area contributed by atoms with Gasteiger partial charge in [-0.3, -0.25) is 9.69 Å². The maximum absolute atomic E-state index is 12.3. The lowest BCUT2D eigenvalue weighted by atomic mass is 9.88. The summed E-state index contributed by atoms with van der Waals surface area (Å²) in [5.74, 6) is -0.858. The van der Waals surface area contributed by atoms with E-state index in [9.17, 15) is 14.7 Å². The standard InChI is InChI=1S/C15H27N3O3/c1-3-15(2,13(19)20)11-16-14(21)18-9-5-8-17-7-4-6-12(17)10-18/h12H,3-11H2,1-2H3,(H,16,21)(H,19,20). The van der Waals surface area contributed by atoms with E-state index in [1.54, 1.807) is 6.92 Å². The molecule has 6 heteroatoms. The molecule has 0 aromatic heterocycles. The van der Waals surface area contributed by atoms with Gasteiger partial charge in [-0.05, 0) is 39.2 Å². The Hall–Kier alpha value is -1.30. The van der Waals surface area contributed by atoms with Crippen LogP contribution in [0, 0.1) is 5.41 Å². The van der Waals surface area contributed by atoms with Crippen molar-refractivity contribution in [1.29, 1.82) is 0 Å². The number of carbonyl (C=O) groups excluding carboxylic acids is 1. The van der Waals surface area contributed by atoms with Crippen molar-refractivity contribution in [2.45, 2.75) is 45.6 Å². The first-order chi connectivity index (χ1) is 9.96. The van der Waals surface area contributed by atoms with E-state index in [1.807, 2.05) is 11.8 Å². The summed E-state index contributed by atoms with van der Waals surface area (Å²) in [5.41, 5.74) is -0.888. The van der Waals surface area contributed by atoms with Gasteiger partial charge >= 0.3 is 12.0 Å². The zero-order valence-electron chi connectivity index (χ0n) is 13.1. The lowest BCUT2D eigenvalue weighted by molar-refractivity contribution is -0.147. The number of hydrogen-bond donors (Lipinski definition) is 2. The monoisotopic (exact) mass is 297 g/mol. The maximum Gasteiger partial charge on any atom is 0.317 e. The first kappa shape index (κ1) is 16.1. The Morgan fingerprint density at radius 1 is 1.29 bits per heavy atom. The molecule has 0 radical (unpaired) electrons. The molecule has 2 fully saturated rings. The van der Waals surface area contributed by atoms with Crippen LogP contribution in [-0.4, -0.2) is 65.7 Å². The molecule has 2 aliphatic rings. The lowest BCUT2D eigenvalue weighted by Gasteiger charge is -2.28. The summed E-state index contributed by atoms with van der Waals surface area (Å²) in [4.78, 5) is 27.9. The highest BCUT2D eigenvalue weighted by atomic mass is 16.4. The molecule has 0 saturated carbocycles. The third-order valence-corrected chi connectivity index (χ3v) is 5.02. The van der Waals surface area contributed by atoms with E-state index in [2.05, 4.69) is 10.2 Å². The van der Waals surface area contributed by atoms with Crippen LogP contribution in [0.2, 0.25) is 0 Å². The summed E-state index contributed by atoms with van der Waals surface area (Å²) >= 11 is 0. The van der Waals surface area contributed by atoms with Gasteiger partial charge in [0.15, 0.2) is 0 Å². The van der Waals surface area contributed by atoms with E-state index in [0.717, 1.165) is 39.0 Å². The number of urea groups is 1. The van der Waals surface area contributed by atoms with Crippen molar-refractivity contribution in [3.8, 4) is 0 Å². The minimum atomic E-state index is -0.888. The zero-order chi connectivity index (χ0) is 15.5. The summed E-state index contributed by atoms with van der Waals surface area (Å²) in [6.45, 7) is 7.43. The summed E-state index contributed by atoms with van der Waals surface area (Å²) in [6.07, 6.45) is 3.87. The number of carboxylic acids is 1. The fourth-order valence-electron chi connectivity index (χ4n) is 3.13. The van der Waals surface area contributed by atoms with E-state index in [0.29, 0.717) is 12.5 Å². The number of hydrogen-bond acceptors (Lipinski definition) is 3. The minimum absolute atomic E-state index is 0.121. The molecule has 2 atom stereocenters.